The largest absolute Gasteiger partial charge is 0.310 e. The maximum atomic E-state index is 2.59. The Morgan fingerprint density at radius 3 is 1.33 bits per heavy atom. The van der Waals surface area contributed by atoms with Crippen molar-refractivity contribution < 1.29 is 0 Å². The normalized spacial score (nSPS) is 12.9. The number of nitrogens with zero attached hydrogens (tertiary/aromatic N) is 2. The first-order valence-corrected chi connectivity index (χ1v) is 24.3. The summed E-state index contributed by atoms with van der Waals surface area (Å²) in [6.45, 7) is 13.3. The molecule has 0 heterocycles. The van der Waals surface area contributed by atoms with Crippen molar-refractivity contribution in [3.8, 4) is 22.3 Å². The highest BCUT2D eigenvalue weighted by molar-refractivity contribution is 6.24. The molecule has 0 saturated carbocycles. The fourth-order valence-electron chi connectivity index (χ4n) is 12.6. The summed E-state index contributed by atoms with van der Waals surface area (Å²) in [5, 5.41) is 7.54. The van der Waals surface area contributed by atoms with Crippen molar-refractivity contribution in [2.24, 2.45) is 0 Å². The average molecular weight is 885 g/mol. The van der Waals surface area contributed by atoms with E-state index in [-0.39, 0.29) is 0 Å². The SMILES string of the molecule is Cc1cc(C)cc(N(c2ccc3c4c(c5ccccc5c3c2)-c2c(cc(N(c3cc(C)cc(C)c3)c3ccccc3C)c3ccccc23)C42c3ccccc3-c3ccccc32)c2ccccc2C)c1. The predicted molar refractivity (Wildman–Crippen MR) is 293 cm³/mol. The van der Waals surface area contributed by atoms with Crippen molar-refractivity contribution >= 4 is 66.4 Å². The molecule has 0 N–H and O–H groups in total. The molecular weight excluding hydrogens is 833 g/mol. The number of hydrogen-bond acceptors (Lipinski definition) is 2. The van der Waals surface area contributed by atoms with Crippen LogP contribution < -0.4 is 9.80 Å². The second-order valence-electron chi connectivity index (χ2n) is 19.7. The van der Waals surface area contributed by atoms with E-state index in [9.17, 15) is 0 Å². The molecule has 0 saturated heterocycles. The Kier molecular flexibility index (Phi) is 9.17. The van der Waals surface area contributed by atoms with Gasteiger partial charge in [-0.15, -0.1) is 0 Å². The highest BCUT2D eigenvalue weighted by Gasteiger charge is 2.54. The molecule has 0 amide bonds. The van der Waals surface area contributed by atoms with Gasteiger partial charge in [0.1, 0.15) is 0 Å². The van der Waals surface area contributed by atoms with E-state index < -0.39 is 5.41 Å². The third kappa shape index (κ3) is 5.98. The number of hydrogen-bond donors (Lipinski definition) is 0. The molecule has 11 aromatic carbocycles. The van der Waals surface area contributed by atoms with Crippen molar-refractivity contribution in [3.05, 3.63) is 262 Å². The summed E-state index contributed by atoms with van der Waals surface area (Å²) in [7, 11) is 0. The maximum absolute atomic E-state index is 2.59. The van der Waals surface area contributed by atoms with Gasteiger partial charge in [-0.1, -0.05) is 152 Å². The highest BCUT2D eigenvalue weighted by atomic mass is 15.2. The molecule has 1 spiro atoms. The number of fused-ring (bicyclic) bond motifs is 17. The van der Waals surface area contributed by atoms with Gasteiger partial charge in [-0.05, 0) is 201 Å². The molecule has 2 nitrogen and oxygen atoms in total. The smallest absolute Gasteiger partial charge is 0.0732 e. The zero-order chi connectivity index (χ0) is 46.7. The lowest BCUT2D eigenvalue weighted by Gasteiger charge is -2.34. The molecule has 0 fully saturated rings. The van der Waals surface area contributed by atoms with Gasteiger partial charge in [0.25, 0.3) is 0 Å². The lowest BCUT2D eigenvalue weighted by molar-refractivity contribution is 0.802. The van der Waals surface area contributed by atoms with E-state index in [1.165, 1.54) is 127 Å². The first kappa shape index (κ1) is 41.0. The maximum Gasteiger partial charge on any atom is 0.0732 e. The van der Waals surface area contributed by atoms with E-state index >= 15 is 0 Å². The predicted octanol–water partition coefficient (Wildman–Crippen LogP) is 18.3. The summed E-state index contributed by atoms with van der Waals surface area (Å²) < 4.78 is 0. The minimum atomic E-state index is -0.635. The number of aryl methyl sites for hydroxylation is 6. The Morgan fingerprint density at radius 1 is 0.290 bits per heavy atom. The topological polar surface area (TPSA) is 6.48 Å². The molecule has 0 unspecified atom stereocenters. The fourth-order valence-corrected chi connectivity index (χ4v) is 12.6. The molecule has 2 aliphatic rings. The summed E-state index contributed by atoms with van der Waals surface area (Å²) in [5.74, 6) is 0. The average Bonchev–Trinajstić information content (AvgIpc) is 3.83. The molecule has 0 aromatic heterocycles. The molecule has 2 heteroatoms. The van der Waals surface area contributed by atoms with Crippen LogP contribution in [0.2, 0.25) is 0 Å². The zero-order valence-corrected chi connectivity index (χ0v) is 40.0. The lowest BCUT2D eigenvalue weighted by Crippen LogP contribution is -2.26. The van der Waals surface area contributed by atoms with Gasteiger partial charge >= 0.3 is 0 Å². The highest BCUT2D eigenvalue weighted by Crippen LogP contribution is 2.67. The van der Waals surface area contributed by atoms with E-state index in [1.807, 2.05) is 0 Å². The Labute approximate surface area is 405 Å². The Balaban J connectivity index is 1.20. The van der Waals surface area contributed by atoms with Crippen LogP contribution in [0, 0.1) is 41.5 Å². The molecule has 0 radical (unpaired) electrons. The van der Waals surface area contributed by atoms with Gasteiger partial charge in [0.2, 0.25) is 0 Å². The third-order valence-electron chi connectivity index (χ3n) is 15.2. The third-order valence-corrected chi connectivity index (χ3v) is 15.2. The molecule has 0 aliphatic heterocycles. The minimum Gasteiger partial charge on any atom is -0.310 e. The molecule has 2 aliphatic carbocycles. The van der Waals surface area contributed by atoms with Crippen LogP contribution in [0.25, 0.3) is 54.6 Å². The van der Waals surface area contributed by atoms with Gasteiger partial charge in [-0.3, -0.25) is 0 Å². The standard InChI is InChI=1S/C67H52N2/c1-41-33-42(2)36-48(35-41)68(61-29-17-7-19-45(61)5)47-31-32-56-57(39-47)50-21-9-11-25-54(50)65-64-55-26-12-10-24-53(55)63(69(62-30-18-8-20-46(62)6)49-37-43(3)34-44(4)38-49)40-60(64)67(66(56)65)58-27-15-13-22-51(58)52-23-14-16-28-59(52)67/h7-40H,1-6H3. The van der Waals surface area contributed by atoms with Crippen LogP contribution in [-0.4, -0.2) is 0 Å². The zero-order valence-electron chi connectivity index (χ0n) is 40.0. The van der Waals surface area contributed by atoms with Gasteiger partial charge < -0.3 is 9.80 Å². The van der Waals surface area contributed by atoms with E-state index in [1.54, 1.807) is 0 Å². The monoisotopic (exact) mass is 884 g/mol. The van der Waals surface area contributed by atoms with E-state index in [2.05, 4.69) is 258 Å². The van der Waals surface area contributed by atoms with Crippen LogP contribution >= 0.6 is 0 Å². The molecular formula is C67H52N2. The molecule has 69 heavy (non-hydrogen) atoms. The van der Waals surface area contributed by atoms with Crippen molar-refractivity contribution in [3.63, 3.8) is 0 Å². The van der Waals surface area contributed by atoms with Gasteiger partial charge in [0.15, 0.2) is 0 Å². The van der Waals surface area contributed by atoms with Gasteiger partial charge in [-0.25, -0.2) is 0 Å². The molecule has 13 rings (SSSR count). The fraction of sp³-hybridized carbons (Fsp3) is 0.104. The Bertz CT molecular complexity index is 3860. The van der Waals surface area contributed by atoms with Crippen molar-refractivity contribution in [1.82, 2.24) is 0 Å². The van der Waals surface area contributed by atoms with E-state index in [0.717, 1.165) is 17.1 Å². The summed E-state index contributed by atoms with van der Waals surface area (Å²) in [5.41, 5.74) is 24.4. The van der Waals surface area contributed by atoms with Crippen LogP contribution in [0.15, 0.2) is 206 Å². The van der Waals surface area contributed by atoms with Crippen LogP contribution in [0.5, 0.6) is 0 Å². The van der Waals surface area contributed by atoms with Crippen LogP contribution in [0.1, 0.15) is 55.6 Å². The van der Waals surface area contributed by atoms with Crippen LogP contribution in [0.4, 0.5) is 34.1 Å². The van der Waals surface area contributed by atoms with Crippen LogP contribution in [0.3, 0.4) is 0 Å². The van der Waals surface area contributed by atoms with E-state index in [4.69, 9.17) is 0 Å². The number of anilines is 6. The van der Waals surface area contributed by atoms with Crippen molar-refractivity contribution in [2.45, 2.75) is 47.0 Å². The van der Waals surface area contributed by atoms with E-state index in [0.29, 0.717) is 0 Å². The molecule has 330 valence electrons. The van der Waals surface area contributed by atoms with Crippen molar-refractivity contribution in [1.29, 1.82) is 0 Å². The van der Waals surface area contributed by atoms with Gasteiger partial charge in [0.05, 0.1) is 11.1 Å². The molecule has 0 bridgehead atoms. The minimum absolute atomic E-state index is 0.635. The first-order chi connectivity index (χ1) is 33.7. The summed E-state index contributed by atoms with van der Waals surface area (Å²) in [4.78, 5) is 5.01. The van der Waals surface area contributed by atoms with Crippen molar-refractivity contribution in [2.75, 3.05) is 9.80 Å². The van der Waals surface area contributed by atoms with Gasteiger partial charge in [-0.2, -0.15) is 0 Å². The quantitative estimate of drug-likeness (QED) is 0.154. The molecule has 0 atom stereocenters. The first-order valence-electron chi connectivity index (χ1n) is 24.3. The Morgan fingerprint density at radius 2 is 0.754 bits per heavy atom. The Hall–Kier alpha value is -8.20. The summed E-state index contributed by atoms with van der Waals surface area (Å²) in [6.07, 6.45) is 0. The number of para-hydroxylation sites is 2. The summed E-state index contributed by atoms with van der Waals surface area (Å²) in [6, 6.07) is 78.4. The lowest BCUT2D eigenvalue weighted by atomic mass is 9.69. The van der Waals surface area contributed by atoms with Crippen LogP contribution in [-0.2, 0) is 5.41 Å². The molecule has 11 aromatic rings. The second kappa shape index (κ2) is 15.4. The second-order valence-corrected chi connectivity index (χ2v) is 19.7. The number of rotatable bonds is 6. The van der Waals surface area contributed by atoms with Gasteiger partial charge in [0, 0.05) is 33.8 Å². The summed E-state index contributed by atoms with van der Waals surface area (Å²) >= 11 is 0. The number of benzene rings is 11.